The Bertz CT molecular complexity index is 1360. The fourth-order valence-corrected chi connectivity index (χ4v) is 4.96. The van der Waals surface area contributed by atoms with Gasteiger partial charge in [-0.25, -0.2) is 24.5 Å². The predicted octanol–water partition coefficient (Wildman–Crippen LogP) is 3.78. The summed E-state index contributed by atoms with van der Waals surface area (Å²) in [6, 6.07) is 1.75. The number of anilines is 3. The van der Waals surface area contributed by atoms with Crippen LogP contribution in [0.2, 0.25) is 0 Å². The van der Waals surface area contributed by atoms with Gasteiger partial charge in [-0.3, -0.25) is 9.30 Å². The number of amides is 3. The van der Waals surface area contributed by atoms with Crippen LogP contribution < -0.4 is 15.1 Å². The van der Waals surface area contributed by atoms with Gasteiger partial charge in [0.05, 0.1) is 17.1 Å². The maximum absolute atomic E-state index is 13.3. The van der Waals surface area contributed by atoms with E-state index in [1.165, 1.54) is 0 Å². The molecule has 0 saturated carbocycles. The van der Waals surface area contributed by atoms with Gasteiger partial charge in [-0.15, -0.1) is 0 Å². The van der Waals surface area contributed by atoms with Crippen LogP contribution in [0.15, 0.2) is 24.7 Å². The summed E-state index contributed by atoms with van der Waals surface area (Å²) < 4.78 is 7.39. The maximum Gasteiger partial charge on any atom is 0.410 e. The molecule has 1 fully saturated rings. The van der Waals surface area contributed by atoms with Gasteiger partial charge in [0, 0.05) is 62.1 Å². The smallest absolute Gasteiger partial charge is 0.410 e. The van der Waals surface area contributed by atoms with Crippen LogP contribution in [0.4, 0.5) is 26.8 Å². The van der Waals surface area contributed by atoms with E-state index in [-0.39, 0.29) is 18.2 Å². The quantitative estimate of drug-likeness (QED) is 0.563. The molecule has 0 bridgehead atoms. The number of rotatable bonds is 2. The molecule has 11 nitrogen and oxygen atoms in total. The van der Waals surface area contributed by atoms with Crippen LogP contribution >= 0.6 is 0 Å². The van der Waals surface area contributed by atoms with Crippen LogP contribution in [0.5, 0.6) is 0 Å². The number of ether oxygens (including phenoxy) is 1. The number of piperazine rings is 1. The molecule has 3 amide bonds. The summed E-state index contributed by atoms with van der Waals surface area (Å²) in [6.45, 7) is 13.9. The van der Waals surface area contributed by atoms with Gasteiger partial charge < -0.3 is 19.9 Å². The van der Waals surface area contributed by atoms with E-state index in [9.17, 15) is 9.59 Å². The zero-order valence-electron chi connectivity index (χ0n) is 22.3. The average molecular weight is 507 g/mol. The molecule has 11 heteroatoms. The molecular formula is C26H34N8O3. The van der Waals surface area contributed by atoms with E-state index >= 15 is 0 Å². The third-order valence-electron chi connectivity index (χ3n) is 6.69. The van der Waals surface area contributed by atoms with Gasteiger partial charge in [0.1, 0.15) is 11.4 Å². The van der Waals surface area contributed by atoms with Gasteiger partial charge in [0.25, 0.3) is 0 Å². The van der Waals surface area contributed by atoms with Gasteiger partial charge in [-0.05, 0) is 54.0 Å². The Hall–Kier alpha value is -3.89. The Morgan fingerprint density at radius 1 is 1.11 bits per heavy atom. The number of nitrogens with zero attached hydrogens (tertiary/aromatic N) is 7. The van der Waals surface area contributed by atoms with Gasteiger partial charge in [-0.1, -0.05) is 0 Å². The third-order valence-corrected chi connectivity index (χ3v) is 6.69. The lowest BCUT2D eigenvalue weighted by Crippen LogP contribution is -2.55. The lowest BCUT2D eigenvalue weighted by molar-refractivity contribution is 0.0159. The number of carbonyl (C=O) groups excluding carboxylic acids is 2. The van der Waals surface area contributed by atoms with E-state index in [1.54, 1.807) is 16.0 Å². The van der Waals surface area contributed by atoms with Crippen LogP contribution in [0.1, 0.15) is 44.6 Å². The first-order chi connectivity index (χ1) is 17.5. The number of hydrogen-bond acceptors (Lipinski definition) is 7. The molecule has 2 aliphatic heterocycles. The minimum atomic E-state index is -0.526. The van der Waals surface area contributed by atoms with Crippen molar-refractivity contribution in [2.24, 2.45) is 0 Å². The van der Waals surface area contributed by atoms with Crippen molar-refractivity contribution in [2.45, 2.75) is 59.6 Å². The molecule has 1 N–H and O–H groups in total. The first-order valence-corrected chi connectivity index (χ1v) is 12.6. The van der Waals surface area contributed by atoms with Crippen molar-refractivity contribution in [2.75, 3.05) is 41.3 Å². The fraction of sp³-hybridized carbons (Fsp3) is 0.500. The molecule has 3 aromatic heterocycles. The maximum atomic E-state index is 13.3. The Morgan fingerprint density at radius 2 is 1.89 bits per heavy atom. The highest BCUT2D eigenvalue weighted by atomic mass is 16.6. The Balaban J connectivity index is 1.31. The molecule has 0 unspecified atom stereocenters. The van der Waals surface area contributed by atoms with Gasteiger partial charge >= 0.3 is 12.1 Å². The fourth-order valence-electron chi connectivity index (χ4n) is 4.96. The number of aryl methyl sites for hydroxylation is 2. The zero-order valence-corrected chi connectivity index (χ0v) is 22.3. The van der Waals surface area contributed by atoms with Gasteiger partial charge in [-0.2, -0.15) is 0 Å². The molecule has 2 aliphatic rings. The standard InChI is InChI=1S/C26H34N8O3/c1-16-13-32-15-20(18(3)29-23(32)28-16)30-24(35)34-10-8-19-21(7-9-27-22(19)34)31-11-12-33(17(2)14-31)25(36)37-26(4,5)6/h7,9,13,15,17H,8,10-12,14H2,1-6H3,(H,30,35)/t17-/m1/s1. The van der Waals surface area contributed by atoms with Gasteiger partial charge in [0.15, 0.2) is 0 Å². The lowest BCUT2D eigenvalue weighted by atomic mass is 10.1. The van der Waals surface area contributed by atoms with Crippen LogP contribution in [-0.2, 0) is 11.2 Å². The molecule has 37 heavy (non-hydrogen) atoms. The molecule has 5 rings (SSSR count). The van der Waals surface area contributed by atoms with Crippen LogP contribution in [-0.4, -0.2) is 74.2 Å². The van der Waals surface area contributed by atoms with Crippen molar-refractivity contribution < 1.29 is 14.3 Å². The van der Waals surface area contributed by atoms with E-state index in [0.717, 1.165) is 16.9 Å². The number of urea groups is 1. The van der Waals surface area contributed by atoms with Crippen LogP contribution in [0, 0.1) is 13.8 Å². The van der Waals surface area contributed by atoms with Crippen molar-refractivity contribution in [3.05, 3.63) is 41.6 Å². The van der Waals surface area contributed by atoms with Gasteiger partial charge in [0.2, 0.25) is 5.78 Å². The van der Waals surface area contributed by atoms with E-state index in [2.05, 4.69) is 25.2 Å². The van der Waals surface area contributed by atoms with E-state index in [0.29, 0.717) is 55.6 Å². The summed E-state index contributed by atoms with van der Waals surface area (Å²) in [7, 11) is 0. The summed E-state index contributed by atoms with van der Waals surface area (Å²) in [5.74, 6) is 1.27. The number of pyridine rings is 1. The van der Waals surface area contributed by atoms with E-state index in [1.807, 2.05) is 64.4 Å². The van der Waals surface area contributed by atoms with Crippen molar-refractivity contribution in [1.29, 1.82) is 0 Å². The Morgan fingerprint density at radius 3 is 2.62 bits per heavy atom. The monoisotopic (exact) mass is 506 g/mol. The first kappa shape index (κ1) is 24.8. The van der Waals surface area contributed by atoms with Crippen molar-refractivity contribution >= 4 is 35.1 Å². The van der Waals surface area contributed by atoms with Crippen molar-refractivity contribution in [3.63, 3.8) is 0 Å². The highest BCUT2D eigenvalue weighted by molar-refractivity contribution is 6.03. The highest BCUT2D eigenvalue weighted by Gasteiger charge is 2.34. The molecule has 1 atom stereocenters. The Labute approximate surface area is 216 Å². The number of fused-ring (bicyclic) bond motifs is 2. The zero-order chi connectivity index (χ0) is 26.5. The minimum Gasteiger partial charge on any atom is -0.444 e. The van der Waals surface area contributed by atoms with Crippen LogP contribution in [0.25, 0.3) is 5.78 Å². The molecule has 0 aliphatic carbocycles. The number of nitrogens with one attached hydrogen (secondary N) is 1. The third kappa shape index (κ3) is 4.90. The molecule has 5 heterocycles. The second-order valence-electron chi connectivity index (χ2n) is 10.8. The molecule has 1 saturated heterocycles. The minimum absolute atomic E-state index is 0.00887. The molecule has 0 radical (unpaired) electrons. The summed E-state index contributed by atoms with van der Waals surface area (Å²) >= 11 is 0. The second kappa shape index (κ2) is 9.20. The largest absolute Gasteiger partial charge is 0.444 e. The first-order valence-electron chi connectivity index (χ1n) is 12.6. The normalized spacial score (nSPS) is 17.8. The van der Waals surface area contributed by atoms with Crippen LogP contribution in [0.3, 0.4) is 0 Å². The molecule has 3 aromatic rings. The molecule has 0 spiro atoms. The molecule has 196 valence electrons. The van der Waals surface area contributed by atoms with Crippen molar-refractivity contribution in [3.8, 4) is 0 Å². The average Bonchev–Trinajstić information content (AvgIpc) is 3.40. The number of aromatic nitrogens is 4. The Kier molecular flexibility index (Phi) is 6.17. The highest BCUT2D eigenvalue weighted by Crippen LogP contribution is 2.35. The summed E-state index contributed by atoms with van der Waals surface area (Å²) in [5, 5.41) is 3.00. The second-order valence-corrected chi connectivity index (χ2v) is 10.8. The number of carbonyl (C=O) groups is 2. The summed E-state index contributed by atoms with van der Waals surface area (Å²) in [6.07, 6.45) is 5.89. The summed E-state index contributed by atoms with van der Waals surface area (Å²) in [5.41, 5.74) is 3.77. The lowest BCUT2D eigenvalue weighted by Gasteiger charge is -2.41. The number of hydrogen-bond donors (Lipinski definition) is 1. The SMILES string of the molecule is Cc1cn2cc(NC(=O)N3CCc4c(N5CCN(C(=O)OC(C)(C)C)[C@H](C)C5)ccnc43)c(C)nc2n1. The molecule has 0 aromatic carbocycles. The number of imidazole rings is 1. The van der Waals surface area contributed by atoms with Crippen molar-refractivity contribution in [1.82, 2.24) is 24.3 Å². The molecular weight excluding hydrogens is 472 g/mol. The predicted molar refractivity (Wildman–Crippen MR) is 141 cm³/mol. The topological polar surface area (TPSA) is 108 Å². The van der Waals surface area contributed by atoms with E-state index < -0.39 is 5.60 Å². The summed E-state index contributed by atoms with van der Waals surface area (Å²) in [4.78, 5) is 45.1. The van der Waals surface area contributed by atoms with E-state index in [4.69, 9.17) is 4.74 Å².